The Balaban J connectivity index is 2.20. The fourth-order valence-corrected chi connectivity index (χ4v) is 1.80. The van der Waals surface area contributed by atoms with Gasteiger partial charge < -0.3 is 10.1 Å². The minimum atomic E-state index is -0.201. The molecule has 2 nitrogen and oxygen atoms in total. The van der Waals surface area contributed by atoms with Crippen molar-refractivity contribution in [3.8, 4) is 0 Å². The van der Waals surface area contributed by atoms with E-state index in [0.29, 0.717) is 6.54 Å². The number of rotatable bonds is 7. The van der Waals surface area contributed by atoms with Gasteiger partial charge in [-0.05, 0) is 50.6 Å². The van der Waals surface area contributed by atoms with Crippen molar-refractivity contribution in [1.82, 2.24) is 5.32 Å². The first kappa shape index (κ1) is 14.6. The zero-order valence-electron chi connectivity index (χ0n) is 10.3. The summed E-state index contributed by atoms with van der Waals surface area (Å²) in [6.45, 7) is 6.35. The zero-order chi connectivity index (χ0) is 12.7. The maximum atomic E-state index is 13.0. The van der Waals surface area contributed by atoms with Gasteiger partial charge in [0.15, 0.2) is 0 Å². The first-order chi connectivity index (χ1) is 8.09. The van der Waals surface area contributed by atoms with E-state index in [4.69, 9.17) is 4.74 Å². The Morgan fingerprint density at radius 2 is 2.18 bits per heavy atom. The molecule has 0 heterocycles. The molecule has 1 N–H and O–H groups in total. The van der Waals surface area contributed by atoms with E-state index < -0.39 is 0 Å². The van der Waals surface area contributed by atoms with Gasteiger partial charge in [-0.3, -0.25) is 0 Å². The van der Waals surface area contributed by atoms with Crippen LogP contribution in [-0.2, 0) is 11.3 Å². The van der Waals surface area contributed by atoms with Crippen molar-refractivity contribution in [2.75, 3.05) is 13.2 Å². The van der Waals surface area contributed by atoms with Gasteiger partial charge in [-0.2, -0.15) is 0 Å². The second kappa shape index (κ2) is 7.80. The van der Waals surface area contributed by atoms with Crippen molar-refractivity contribution in [3.63, 3.8) is 0 Å². The topological polar surface area (TPSA) is 21.3 Å². The van der Waals surface area contributed by atoms with E-state index in [2.05, 4.69) is 21.2 Å². The molecule has 0 amide bonds. The molecule has 0 aromatic heterocycles. The molecule has 0 atom stereocenters. The zero-order valence-corrected chi connectivity index (χ0v) is 11.9. The molecule has 0 aliphatic carbocycles. The minimum Gasteiger partial charge on any atom is -0.379 e. The van der Waals surface area contributed by atoms with Crippen LogP contribution in [0.3, 0.4) is 0 Å². The van der Waals surface area contributed by atoms with Crippen LogP contribution >= 0.6 is 15.9 Å². The van der Waals surface area contributed by atoms with Gasteiger partial charge in [0.25, 0.3) is 0 Å². The Morgan fingerprint density at radius 3 is 2.88 bits per heavy atom. The van der Waals surface area contributed by atoms with Crippen LogP contribution in [0, 0.1) is 5.82 Å². The van der Waals surface area contributed by atoms with E-state index in [1.807, 2.05) is 13.8 Å². The molecule has 17 heavy (non-hydrogen) atoms. The maximum absolute atomic E-state index is 13.0. The lowest BCUT2D eigenvalue weighted by Crippen LogP contribution is -2.17. The first-order valence-electron chi connectivity index (χ1n) is 5.86. The summed E-state index contributed by atoms with van der Waals surface area (Å²) in [6, 6.07) is 4.72. The Bertz CT molecular complexity index is 344. The lowest BCUT2D eigenvalue weighted by molar-refractivity contribution is 0.0770. The van der Waals surface area contributed by atoms with Gasteiger partial charge >= 0.3 is 0 Å². The quantitative estimate of drug-likeness (QED) is 0.779. The Kier molecular flexibility index (Phi) is 6.70. The number of benzene rings is 1. The number of hydrogen-bond acceptors (Lipinski definition) is 2. The van der Waals surface area contributed by atoms with Crippen molar-refractivity contribution in [2.24, 2.45) is 0 Å². The standard InChI is InChI=1S/C13H19BrFNO/c1-10(2)17-7-3-6-16-9-11-8-12(15)4-5-13(11)14/h4-5,8,10,16H,3,6-7,9H2,1-2H3. The summed E-state index contributed by atoms with van der Waals surface area (Å²) < 4.78 is 19.4. The molecular weight excluding hydrogens is 285 g/mol. The summed E-state index contributed by atoms with van der Waals surface area (Å²) in [5.74, 6) is -0.201. The molecule has 0 radical (unpaired) electrons. The number of ether oxygens (including phenoxy) is 1. The first-order valence-corrected chi connectivity index (χ1v) is 6.65. The third kappa shape index (κ3) is 6.15. The molecule has 0 aliphatic rings. The third-order valence-electron chi connectivity index (χ3n) is 2.27. The van der Waals surface area contributed by atoms with Gasteiger partial charge in [0, 0.05) is 17.6 Å². The molecule has 0 aliphatic heterocycles. The predicted octanol–water partition coefficient (Wildman–Crippen LogP) is 3.49. The fourth-order valence-electron chi connectivity index (χ4n) is 1.42. The van der Waals surface area contributed by atoms with E-state index in [1.54, 1.807) is 12.1 Å². The Morgan fingerprint density at radius 1 is 1.41 bits per heavy atom. The van der Waals surface area contributed by atoms with Gasteiger partial charge in [0.1, 0.15) is 5.82 Å². The molecule has 1 aromatic carbocycles. The van der Waals surface area contributed by atoms with Crippen molar-refractivity contribution in [2.45, 2.75) is 32.9 Å². The fraction of sp³-hybridized carbons (Fsp3) is 0.538. The van der Waals surface area contributed by atoms with Crippen molar-refractivity contribution in [1.29, 1.82) is 0 Å². The normalized spacial score (nSPS) is 11.1. The average molecular weight is 304 g/mol. The molecule has 0 spiro atoms. The van der Waals surface area contributed by atoms with Gasteiger partial charge in [0.2, 0.25) is 0 Å². The summed E-state index contributed by atoms with van der Waals surface area (Å²) in [4.78, 5) is 0. The summed E-state index contributed by atoms with van der Waals surface area (Å²) in [6.07, 6.45) is 1.25. The smallest absolute Gasteiger partial charge is 0.123 e. The van der Waals surface area contributed by atoms with Crippen LogP contribution in [-0.4, -0.2) is 19.3 Å². The summed E-state index contributed by atoms with van der Waals surface area (Å²) >= 11 is 3.40. The summed E-state index contributed by atoms with van der Waals surface area (Å²) in [7, 11) is 0. The van der Waals surface area contributed by atoms with Gasteiger partial charge in [-0.1, -0.05) is 15.9 Å². The van der Waals surface area contributed by atoms with Crippen LogP contribution in [0.1, 0.15) is 25.8 Å². The van der Waals surface area contributed by atoms with Gasteiger partial charge in [-0.15, -0.1) is 0 Å². The molecule has 0 fully saturated rings. The number of halogens is 2. The SMILES string of the molecule is CC(C)OCCCNCc1cc(F)ccc1Br. The van der Waals surface area contributed by atoms with E-state index in [1.165, 1.54) is 6.07 Å². The van der Waals surface area contributed by atoms with Crippen molar-refractivity contribution in [3.05, 3.63) is 34.1 Å². The van der Waals surface area contributed by atoms with Crippen LogP contribution in [0.4, 0.5) is 4.39 Å². The highest BCUT2D eigenvalue weighted by Crippen LogP contribution is 2.17. The predicted molar refractivity (Wildman–Crippen MR) is 71.5 cm³/mol. The van der Waals surface area contributed by atoms with E-state index >= 15 is 0 Å². The molecule has 4 heteroatoms. The highest BCUT2D eigenvalue weighted by atomic mass is 79.9. The Hall–Kier alpha value is -0.450. The summed E-state index contributed by atoms with van der Waals surface area (Å²) in [5.41, 5.74) is 0.940. The second-order valence-corrected chi connectivity index (χ2v) is 5.04. The largest absolute Gasteiger partial charge is 0.379 e. The molecule has 0 saturated heterocycles. The molecule has 0 unspecified atom stereocenters. The highest BCUT2D eigenvalue weighted by molar-refractivity contribution is 9.10. The molecule has 1 aromatic rings. The van der Waals surface area contributed by atoms with Crippen LogP contribution in [0.5, 0.6) is 0 Å². The molecule has 96 valence electrons. The molecule has 0 bridgehead atoms. The van der Waals surface area contributed by atoms with Crippen LogP contribution in [0.25, 0.3) is 0 Å². The minimum absolute atomic E-state index is 0.201. The van der Waals surface area contributed by atoms with Crippen molar-refractivity contribution >= 4 is 15.9 Å². The highest BCUT2D eigenvalue weighted by Gasteiger charge is 2.01. The van der Waals surface area contributed by atoms with Crippen LogP contribution in [0.2, 0.25) is 0 Å². The average Bonchev–Trinajstić information content (AvgIpc) is 2.27. The van der Waals surface area contributed by atoms with Crippen LogP contribution in [0.15, 0.2) is 22.7 Å². The number of hydrogen-bond donors (Lipinski definition) is 1. The van der Waals surface area contributed by atoms with E-state index in [9.17, 15) is 4.39 Å². The van der Waals surface area contributed by atoms with E-state index in [-0.39, 0.29) is 11.9 Å². The lowest BCUT2D eigenvalue weighted by Gasteiger charge is -2.09. The van der Waals surface area contributed by atoms with Gasteiger partial charge in [-0.25, -0.2) is 4.39 Å². The van der Waals surface area contributed by atoms with Crippen LogP contribution < -0.4 is 5.32 Å². The monoisotopic (exact) mass is 303 g/mol. The van der Waals surface area contributed by atoms with Gasteiger partial charge in [0.05, 0.1) is 6.10 Å². The lowest BCUT2D eigenvalue weighted by atomic mass is 10.2. The molecule has 0 saturated carbocycles. The van der Waals surface area contributed by atoms with E-state index in [0.717, 1.165) is 29.6 Å². The molecule has 1 rings (SSSR count). The Labute approximate surface area is 111 Å². The van der Waals surface area contributed by atoms with Crippen molar-refractivity contribution < 1.29 is 9.13 Å². The maximum Gasteiger partial charge on any atom is 0.123 e. The molecular formula is C13H19BrFNO. The summed E-state index contributed by atoms with van der Waals surface area (Å²) in [5, 5.41) is 3.27. The number of nitrogens with one attached hydrogen (secondary N) is 1. The third-order valence-corrected chi connectivity index (χ3v) is 3.05. The second-order valence-electron chi connectivity index (χ2n) is 4.19.